The number of benzene rings is 1. The average molecular weight is 249 g/mol. The Hall–Kier alpha value is 0.516. The predicted octanol–water partition coefficient (Wildman–Crippen LogP) is -1.47. The van der Waals surface area contributed by atoms with Gasteiger partial charge in [0.25, 0.3) is 0 Å². The van der Waals surface area contributed by atoms with Gasteiger partial charge in [-0.25, -0.2) is 6.26 Å². The first kappa shape index (κ1) is 16.0. The summed E-state index contributed by atoms with van der Waals surface area (Å²) in [6.07, 6.45) is 3.00. The largest absolute Gasteiger partial charge is 2.00 e. The van der Waals surface area contributed by atoms with Gasteiger partial charge in [-0.3, -0.25) is 8.42 Å². The molecule has 0 aliphatic heterocycles. The molecule has 68 valence electrons. The number of sulfone groups is 1. The summed E-state index contributed by atoms with van der Waals surface area (Å²) in [5, 5.41) is 0.511. The molecule has 6 heteroatoms. The summed E-state index contributed by atoms with van der Waals surface area (Å²) in [7, 11) is -3.33. The van der Waals surface area contributed by atoms with Crippen LogP contribution in [0.2, 0.25) is 5.02 Å². The Bertz CT molecular complexity index is 347. The molecule has 2 nitrogen and oxygen atoms in total. The molecule has 0 saturated carbocycles. The Kier molecular flexibility index (Phi) is 7.47. The van der Waals surface area contributed by atoms with Crippen LogP contribution in [0, 0.1) is 6.26 Å². The van der Waals surface area contributed by atoms with E-state index in [1.54, 1.807) is 0 Å². The number of rotatable bonds is 1. The van der Waals surface area contributed by atoms with E-state index in [0.29, 0.717) is 5.02 Å². The molecule has 0 N–H and O–H groups in total. The van der Waals surface area contributed by atoms with E-state index in [2.05, 4.69) is 6.26 Å². The summed E-state index contributed by atoms with van der Waals surface area (Å²) in [6, 6.07) is 5.87. The second kappa shape index (κ2) is 6.09. The standard InChI is InChI=1S/C7H6ClO2S.ClH.Mg/c1-11(9,10)7-4-2-6(8)3-5-7;;/h2-5H,1H2;1H;/q-1;;+2/p-1. The molecule has 0 aliphatic rings. The van der Waals surface area contributed by atoms with Gasteiger partial charge in [0.1, 0.15) is 0 Å². The van der Waals surface area contributed by atoms with Crippen molar-refractivity contribution in [2.75, 3.05) is 0 Å². The van der Waals surface area contributed by atoms with Gasteiger partial charge in [0.05, 0.1) is 0 Å². The van der Waals surface area contributed by atoms with Crippen molar-refractivity contribution in [3.63, 3.8) is 0 Å². The second-order valence-corrected chi connectivity index (χ2v) is 4.21. The average Bonchev–Trinajstić information content (AvgIpc) is 1.86. The van der Waals surface area contributed by atoms with Crippen molar-refractivity contribution in [3.8, 4) is 0 Å². The van der Waals surface area contributed by atoms with Crippen molar-refractivity contribution in [1.82, 2.24) is 0 Å². The maximum atomic E-state index is 10.8. The van der Waals surface area contributed by atoms with Crippen LogP contribution in [0.1, 0.15) is 0 Å². The Morgan fingerprint density at radius 1 is 1.15 bits per heavy atom. The van der Waals surface area contributed by atoms with Gasteiger partial charge < -0.3 is 12.4 Å². The first-order chi connectivity index (χ1) is 5.00. The zero-order chi connectivity index (χ0) is 8.48. The third kappa shape index (κ3) is 5.07. The quantitative estimate of drug-likeness (QED) is 0.450. The van der Waals surface area contributed by atoms with Gasteiger partial charge in [-0.1, -0.05) is 11.6 Å². The van der Waals surface area contributed by atoms with Crippen molar-refractivity contribution < 1.29 is 20.8 Å². The van der Waals surface area contributed by atoms with E-state index in [1.165, 1.54) is 24.3 Å². The van der Waals surface area contributed by atoms with Crippen LogP contribution >= 0.6 is 11.6 Å². The fourth-order valence-electron chi connectivity index (χ4n) is 0.642. The number of hydrogen-bond donors (Lipinski definition) is 0. The SMILES string of the molecule is [CH2-]S(=O)(=O)c1ccc(Cl)cc1.[Cl-].[Mg+2]. The van der Waals surface area contributed by atoms with Gasteiger partial charge in [-0.2, -0.15) is 0 Å². The zero-order valence-corrected chi connectivity index (χ0v) is 10.4. The normalized spacial score (nSPS) is 9.69. The summed E-state index contributed by atoms with van der Waals surface area (Å²) in [4.78, 5) is 0.182. The molecule has 1 rings (SSSR count). The minimum Gasteiger partial charge on any atom is -1.00 e. The fourth-order valence-corrected chi connectivity index (χ4v) is 1.32. The van der Waals surface area contributed by atoms with E-state index < -0.39 is 9.84 Å². The van der Waals surface area contributed by atoms with E-state index in [9.17, 15) is 8.42 Å². The fraction of sp³-hybridized carbons (Fsp3) is 0. The van der Waals surface area contributed by atoms with Crippen LogP contribution in [-0.2, 0) is 9.84 Å². The molecule has 0 unspecified atom stereocenters. The third-order valence-electron chi connectivity index (χ3n) is 1.17. The minimum atomic E-state index is -3.33. The van der Waals surface area contributed by atoms with Crippen LogP contribution in [0.25, 0.3) is 0 Å². The zero-order valence-electron chi connectivity index (χ0n) is 6.70. The van der Waals surface area contributed by atoms with Gasteiger partial charge in [0, 0.05) is 19.8 Å². The van der Waals surface area contributed by atoms with Crippen molar-refractivity contribution >= 4 is 44.5 Å². The van der Waals surface area contributed by atoms with Gasteiger partial charge in [0.15, 0.2) is 0 Å². The Balaban J connectivity index is 0. The molecule has 1 aromatic rings. The summed E-state index contributed by atoms with van der Waals surface area (Å²) < 4.78 is 21.6. The van der Waals surface area contributed by atoms with Crippen LogP contribution in [0.15, 0.2) is 29.2 Å². The smallest absolute Gasteiger partial charge is 1.00 e. The number of halogens is 2. The first-order valence-electron chi connectivity index (χ1n) is 2.84. The maximum absolute atomic E-state index is 10.8. The van der Waals surface area contributed by atoms with Crippen molar-refractivity contribution in [2.45, 2.75) is 4.90 Å². The summed E-state index contributed by atoms with van der Waals surface area (Å²) in [5.74, 6) is 0. The minimum absolute atomic E-state index is 0. The summed E-state index contributed by atoms with van der Waals surface area (Å²) in [5.41, 5.74) is 0. The predicted molar refractivity (Wildman–Crippen MR) is 49.7 cm³/mol. The summed E-state index contributed by atoms with van der Waals surface area (Å²) in [6.45, 7) is 0. The van der Waals surface area contributed by atoms with Crippen molar-refractivity contribution in [1.29, 1.82) is 0 Å². The molecule has 0 aliphatic carbocycles. The molecule has 13 heavy (non-hydrogen) atoms. The van der Waals surface area contributed by atoms with E-state index in [4.69, 9.17) is 11.6 Å². The van der Waals surface area contributed by atoms with Gasteiger partial charge >= 0.3 is 23.1 Å². The van der Waals surface area contributed by atoms with Crippen molar-refractivity contribution in [3.05, 3.63) is 35.5 Å². The van der Waals surface area contributed by atoms with Gasteiger partial charge in [-0.15, -0.1) is 0 Å². The molecule has 0 aromatic heterocycles. The van der Waals surface area contributed by atoms with Crippen LogP contribution < -0.4 is 12.4 Å². The van der Waals surface area contributed by atoms with Crippen LogP contribution in [0.5, 0.6) is 0 Å². The maximum Gasteiger partial charge on any atom is 2.00 e. The molecular weight excluding hydrogens is 243 g/mol. The van der Waals surface area contributed by atoms with E-state index in [-0.39, 0.29) is 40.4 Å². The van der Waals surface area contributed by atoms with Crippen LogP contribution in [0.3, 0.4) is 0 Å². The van der Waals surface area contributed by atoms with Gasteiger partial charge in [-0.05, 0) is 24.3 Å². The van der Waals surface area contributed by atoms with E-state index in [0.717, 1.165) is 0 Å². The van der Waals surface area contributed by atoms with Gasteiger partial charge in [0.2, 0.25) is 0 Å². The molecule has 1 aromatic carbocycles. The topological polar surface area (TPSA) is 34.1 Å². The molecule has 0 atom stereocenters. The second-order valence-electron chi connectivity index (χ2n) is 2.07. The van der Waals surface area contributed by atoms with Crippen LogP contribution in [-0.4, -0.2) is 31.5 Å². The molecule has 0 fully saturated rings. The van der Waals surface area contributed by atoms with Crippen molar-refractivity contribution in [2.24, 2.45) is 0 Å². The molecule has 0 spiro atoms. The molecule has 0 bridgehead atoms. The number of hydrogen-bond acceptors (Lipinski definition) is 2. The molecule has 0 heterocycles. The summed E-state index contributed by atoms with van der Waals surface area (Å²) >= 11 is 5.55. The molecule has 0 amide bonds. The third-order valence-corrected chi connectivity index (χ3v) is 2.42. The first-order valence-corrected chi connectivity index (χ1v) is 4.87. The van der Waals surface area contributed by atoms with E-state index in [1.807, 2.05) is 0 Å². The molecule has 0 saturated heterocycles. The Morgan fingerprint density at radius 2 is 1.54 bits per heavy atom. The molecule has 0 radical (unpaired) electrons. The van der Waals surface area contributed by atoms with Crippen LogP contribution in [0.4, 0.5) is 0 Å². The monoisotopic (exact) mass is 248 g/mol. The van der Waals surface area contributed by atoms with E-state index >= 15 is 0 Å². The molecular formula is C7H6Cl2MgO2S. The Morgan fingerprint density at radius 3 is 1.85 bits per heavy atom. The Labute approximate surface area is 105 Å².